The van der Waals surface area contributed by atoms with Crippen molar-refractivity contribution in [3.8, 4) is 0 Å². The third kappa shape index (κ3) is 4.22. The molecule has 4 nitrogen and oxygen atoms in total. The van der Waals surface area contributed by atoms with Gasteiger partial charge in [0.2, 0.25) is 10.0 Å². The van der Waals surface area contributed by atoms with Crippen molar-refractivity contribution in [2.24, 2.45) is 0 Å². The molecule has 2 aromatic rings. The standard InChI is InChI=1S/C22H27ClN2O2S/c23-20-8-10-21(11-9-20)24-14-16-25(17-15-24)28(26,27)22-12-6-19(7-13-22)18-4-2-1-3-5-18/h6-13,18H,1-5,14-17H2. The van der Waals surface area contributed by atoms with Crippen LogP contribution in [-0.4, -0.2) is 38.9 Å². The molecule has 1 aliphatic heterocycles. The molecule has 1 saturated heterocycles. The first-order valence-corrected chi connectivity index (χ1v) is 12.0. The second kappa shape index (κ2) is 8.44. The van der Waals surface area contributed by atoms with Crippen molar-refractivity contribution >= 4 is 27.3 Å². The van der Waals surface area contributed by atoms with E-state index in [0.717, 1.165) is 5.69 Å². The normalized spacial score (nSPS) is 19.7. The molecule has 2 fully saturated rings. The fraction of sp³-hybridized carbons (Fsp3) is 0.455. The zero-order valence-electron chi connectivity index (χ0n) is 16.1. The number of hydrogen-bond donors (Lipinski definition) is 0. The lowest BCUT2D eigenvalue weighted by molar-refractivity contribution is 0.385. The Balaban J connectivity index is 1.41. The molecule has 0 bridgehead atoms. The number of hydrogen-bond acceptors (Lipinski definition) is 3. The Labute approximate surface area is 173 Å². The first-order valence-electron chi connectivity index (χ1n) is 10.1. The SMILES string of the molecule is O=S(=O)(c1ccc(C2CCCCC2)cc1)N1CCN(c2ccc(Cl)cc2)CC1. The molecule has 28 heavy (non-hydrogen) atoms. The van der Waals surface area contributed by atoms with E-state index in [0.29, 0.717) is 42.0 Å². The van der Waals surface area contributed by atoms with Gasteiger partial charge in [0, 0.05) is 36.9 Å². The molecule has 6 heteroatoms. The smallest absolute Gasteiger partial charge is 0.243 e. The second-order valence-electron chi connectivity index (χ2n) is 7.77. The van der Waals surface area contributed by atoms with Crippen LogP contribution in [0.25, 0.3) is 0 Å². The lowest BCUT2D eigenvalue weighted by atomic mass is 9.84. The number of piperazine rings is 1. The fourth-order valence-electron chi connectivity index (χ4n) is 4.34. The van der Waals surface area contributed by atoms with Crippen molar-refractivity contribution in [3.63, 3.8) is 0 Å². The van der Waals surface area contributed by atoms with Crippen molar-refractivity contribution in [3.05, 3.63) is 59.1 Å². The molecule has 1 saturated carbocycles. The average Bonchev–Trinajstić information content (AvgIpc) is 2.75. The van der Waals surface area contributed by atoms with E-state index in [1.807, 2.05) is 36.4 Å². The molecule has 1 heterocycles. The molecule has 0 N–H and O–H groups in total. The zero-order chi connectivity index (χ0) is 19.6. The first-order chi connectivity index (χ1) is 13.5. The molecule has 2 aliphatic rings. The molecule has 0 amide bonds. The summed E-state index contributed by atoms with van der Waals surface area (Å²) in [6.45, 7) is 2.35. The van der Waals surface area contributed by atoms with E-state index in [4.69, 9.17) is 11.6 Å². The summed E-state index contributed by atoms with van der Waals surface area (Å²) < 4.78 is 27.7. The Bertz CT molecular complexity index is 883. The molecule has 1 aliphatic carbocycles. The van der Waals surface area contributed by atoms with Gasteiger partial charge in [-0.25, -0.2) is 8.42 Å². The Hall–Kier alpha value is -1.56. The number of anilines is 1. The van der Waals surface area contributed by atoms with Gasteiger partial charge >= 0.3 is 0 Å². The van der Waals surface area contributed by atoms with Gasteiger partial charge in [0.05, 0.1) is 4.90 Å². The molecule has 0 aromatic heterocycles. The van der Waals surface area contributed by atoms with Crippen LogP contribution in [0.2, 0.25) is 5.02 Å². The minimum Gasteiger partial charge on any atom is -0.369 e. The summed E-state index contributed by atoms with van der Waals surface area (Å²) in [7, 11) is -3.44. The molecule has 0 radical (unpaired) electrons. The lowest BCUT2D eigenvalue weighted by Crippen LogP contribution is -2.48. The summed E-state index contributed by atoms with van der Waals surface area (Å²) in [5.74, 6) is 0.591. The molecular weight excluding hydrogens is 392 g/mol. The summed E-state index contributed by atoms with van der Waals surface area (Å²) >= 11 is 5.96. The van der Waals surface area contributed by atoms with Crippen molar-refractivity contribution in [1.29, 1.82) is 0 Å². The topological polar surface area (TPSA) is 40.6 Å². The highest BCUT2D eigenvalue weighted by atomic mass is 35.5. The number of halogens is 1. The van der Waals surface area contributed by atoms with E-state index in [1.165, 1.54) is 37.7 Å². The molecular formula is C22H27ClN2O2S. The average molecular weight is 419 g/mol. The second-order valence-corrected chi connectivity index (χ2v) is 10.1. The van der Waals surface area contributed by atoms with Crippen LogP contribution in [0.3, 0.4) is 0 Å². The Morgan fingerprint density at radius 3 is 2.00 bits per heavy atom. The van der Waals surface area contributed by atoms with Gasteiger partial charge in [-0.1, -0.05) is 43.0 Å². The summed E-state index contributed by atoms with van der Waals surface area (Å²) in [6.07, 6.45) is 6.33. The summed E-state index contributed by atoms with van der Waals surface area (Å²) in [4.78, 5) is 2.61. The van der Waals surface area contributed by atoms with Crippen LogP contribution in [0.15, 0.2) is 53.4 Å². The van der Waals surface area contributed by atoms with Gasteiger partial charge in [-0.15, -0.1) is 0 Å². The Kier molecular flexibility index (Phi) is 5.95. The van der Waals surface area contributed by atoms with Crippen LogP contribution in [0.4, 0.5) is 5.69 Å². The fourth-order valence-corrected chi connectivity index (χ4v) is 5.88. The van der Waals surface area contributed by atoms with Crippen LogP contribution < -0.4 is 4.90 Å². The summed E-state index contributed by atoms with van der Waals surface area (Å²) in [5.41, 5.74) is 2.37. The van der Waals surface area contributed by atoms with E-state index in [-0.39, 0.29) is 0 Å². The molecule has 0 atom stereocenters. The van der Waals surface area contributed by atoms with Crippen molar-refractivity contribution < 1.29 is 8.42 Å². The maximum absolute atomic E-state index is 13.1. The van der Waals surface area contributed by atoms with Crippen LogP contribution in [0, 0.1) is 0 Å². The monoisotopic (exact) mass is 418 g/mol. The first kappa shape index (κ1) is 19.7. The Morgan fingerprint density at radius 2 is 1.39 bits per heavy atom. The zero-order valence-corrected chi connectivity index (χ0v) is 17.6. The van der Waals surface area contributed by atoms with E-state index >= 15 is 0 Å². The van der Waals surface area contributed by atoms with Crippen LogP contribution in [0.5, 0.6) is 0 Å². The number of nitrogens with zero attached hydrogens (tertiary/aromatic N) is 2. The lowest BCUT2D eigenvalue weighted by Gasteiger charge is -2.35. The van der Waals surface area contributed by atoms with Crippen LogP contribution in [0.1, 0.15) is 43.6 Å². The molecule has 0 unspecified atom stereocenters. The predicted molar refractivity (Wildman–Crippen MR) is 115 cm³/mol. The van der Waals surface area contributed by atoms with Crippen molar-refractivity contribution in [1.82, 2.24) is 4.31 Å². The van der Waals surface area contributed by atoms with Gasteiger partial charge in [-0.2, -0.15) is 4.31 Å². The van der Waals surface area contributed by atoms with Crippen LogP contribution in [-0.2, 0) is 10.0 Å². The highest BCUT2D eigenvalue weighted by Crippen LogP contribution is 2.33. The molecule has 0 spiro atoms. The maximum atomic E-state index is 13.1. The van der Waals surface area contributed by atoms with Gasteiger partial charge in [-0.05, 0) is 60.7 Å². The predicted octanol–water partition coefficient (Wildman–Crippen LogP) is 4.90. The van der Waals surface area contributed by atoms with Gasteiger partial charge in [-0.3, -0.25) is 0 Å². The summed E-state index contributed by atoms with van der Waals surface area (Å²) in [5, 5.41) is 0.710. The van der Waals surface area contributed by atoms with Gasteiger partial charge in [0.15, 0.2) is 0 Å². The minimum absolute atomic E-state index is 0.409. The van der Waals surface area contributed by atoms with Crippen LogP contribution >= 0.6 is 11.6 Å². The summed E-state index contributed by atoms with van der Waals surface area (Å²) in [6, 6.07) is 15.3. The molecule has 150 valence electrons. The molecule has 2 aromatic carbocycles. The van der Waals surface area contributed by atoms with Crippen molar-refractivity contribution in [2.45, 2.75) is 42.9 Å². The highest BCUT2D eigenvalue weighted by Gasteiger charge is 2.29. The van der Waals surface area contributed by atoms with E-state index in [9.17, 15) is 8.42 Å². The quantitative estimate of drug-likeness (QED) is 0.709. The van der Waals surface area contributed by atoms with Gasteiger partial charge < -0.3 is 4.90 Å². The molecule has 4 rings (SSSR count). The van der Waals surface area contributed by atoms with Gasteiger partial charge in [0.25, 0.3) is 0 Å². The Morgan fingerprint density at radius 1 is 0.786 bits per heavy atom. The van der Waals surface area contributed by atoms with E-state index in [2.05, 4.69) is 4.90 Å². The third-order valence-corrected chi connectivity index (χ3v) is 8.19. The third-order valence-electron chi connectivity index (χ3n) is 6.02. The van der Waals surface area contributed by atoms with Gasteiger partial charge in [0.1, 0.15) is 0 Å². The number of benzene rings is 2. The van der Waals surface area contributed by atoms with Crippen molar-refractivity contribution in [2.75, 3.05) is 31.1 Å². The highest BCUT2D eigenvalue weighted by molar-refractivity contribution is 7.89. The number of sulfonamides is 1. The van der Waals surface area contributed by atoms with E-state index < -0.39 is 10.0 Å². The minimum atomic E-state index is -3.44. The van der Waals surface area contributed by atoms with E-state index in [1.54, 1.807) is 16.4 Å². The largest absolute Gasteiger partial charge is 0.369 e. The maximum Gasteiger partial charge on any atom is 0.243 e. The number of rotatable bonds is 4.